The number of nitrogens with zero attached hydrogens (tertiary/aromatic N) is 3. The standard InChI is InChI=1S/C17H18FN3S/c1-13(15-4-6-16(18)7-5-15)21(17-20-9-10-22-17)12-14-3-2-8-19-11-14/h2-8,11,13H,9-10,12H2,1H3. The molecule has 0 amide bonds. The first kappa shape index (κ1) is 15.0. The molecule has 3 nitrogen and oxygen atoms in total. The van der Waals surface area contributed by atoms with Crippen molar-refractivity contribution in [3.63, 3.8) is 0 Å². The van der Waals surface area contributed by atoms with Crippen LogP contribution in [-0.2, 0) is 6.54 Å². The summed E-state index contributed by atoms with van der Waals surface area (Å²) in [5, 5.41) is 1.06. The number of aromatic nitrogens is 1. The first-order chi connectivity index (χ1) is 10.7. The fraction of sp³-hybridized carbons (Fsp3) is 0.294. The van der Waals surface area contributed by atoms with Gasteiger partial charge in [-0.2, -0.15) is 0 Å². The van der Waals surface area contributed by atoms with Gasteiger partial charge in [-0.25, -0.2) is 4.39 Å². The third-order valence-corrected chi connectivity index (χ3v) is 4.72. The van der Waals surface area contributed by atoms with Crippen molar-refractivity contribution in [2.45, 2.75) is 19.5 Å². The van der Waals surface area contributed by atoms with E-state index in [9.17, 15) is 4.39 Å². The first-order valence-electron chi connectivity index (χ1n) is 7.32. The molecule has 1 aliphatic heterocycles. The predicted octanol–water partition coefficient (Wildman–Crippen LogP) is 3.89. The summed E-state index contributed by atoms with van der Waals surface area (Å²) >= 11 is 1.78. The zero-order valence-corrected chi connectivity index (χ0v) is 13.3. The molecule has 1 aliphatic rings. The molecule has 1 atom stereocenters. The Morgan fingerprint density at radius 1 is 1.27 bits per heavy atom. The molecule has 1 aromatic carbocycles. The minimum atomic E-state index is -0.206. The van der Waals surface area contributed by atoms with E-state index in [-0.39, 0.29) is 11.9 Å². The molecule has 1 unspecified atom stereocenters. The maximum absolute atomic E-state index is 13.1. The SMILES string of the molecule is CC(c1ccc(F)cc1)N(Cc1cccnc1)C1=NCCS1. The number of hydrogen-bond acceptors (Lipinski definition) is 4. The molecule has 0 saturated heterocycles. The lowest BCUT2D eigenvalue weighted by atomic mass is 10.1. The van der Waals surface area contributed by atoms with E-state index in [2.05, 4.69) is 27.9 Å². The molecule has 0 bridgehead atoms. The second kappa shape index (κ2) is 6.92. The largest absolute Gasteiger partial charge is 0.340 e. The third kappa shape index (κ3) is 3.47. The number of halogens is 1. The lowest BCUT2D eigenvalue weighted by Gasteiger charge is -2.31. The highest BCUT2D eigenvalue weighted by molar-refractivity contribution is 8.14. The Morgan fingerprint density at radius 2 is 2.09 bits per heavy atom. The second-order valence-electron chi connectivity index (χ2n) is 5.23. The fourth-order valence-corrected chi connectivity index (χ4v) is 3.41. The van der Waals surface area contributed by atoms with Crippen molar-refractivity contribution in [1.29, 1.82) is 0 Å². The minimum absolute atomic E-state index is 0.130. The van der Waals surface area contributed by atoms with E-state index < -0.39 is 0 Å². The Labute approximate surface area is 134 Å². The molecule has 3 rings (SSSR count). The molecule has 1 aromatic heterocycles. The number of pyridine rings is 1. The van der Waals surface area contributed by atoms with E-state index in [1.165, 1.54) is 12.1 Å². The summed E-state index contributed by atoms with van der Waals surface area (Å²) in [4.78, 5) is 11.1. The highest BCUT2D eigenvalue weighted by atomic mass is 32.2. The van der Waals surface area contributed by atoms with Gasteiger partial charge in [0, 0.05) is 24.7 Å². The van der Waals surface area contributed by atoms with Crippen LogP contribution in [0.4, 0.5) is 4.39 Å². The van der Waals surface area contributed by atoms with Crippen molar-refractivity contribution < 1.29 is 4.39 Å². The maximum Gasteiger partial charge on any atom is 0.160 e. The van der Waals surface area contributed by atoms with E-state index >= 15 is 0 Å². The second-order valence-corrected chi connectivity index (χ2v) is 6.29. The normalized spacial score (nSPS) is 15.5. The topological polar surface area (TPSA) is 28.5 Å². The van der Waals surface area contributed by atoms with Crippen molar-refractivity contribution in [3.8, 4) is 0 Å². The van der Waals surface area contributed by atoms with Gasteiger partial charge in [-0.05, 0) is 36.2 Å². The quantitative estimate of drug-likeness (QED) is 0.857. The molecule has 0 saturated carbocycles. The van der Waals surface area contributed by atoms with Gasteiger partial charge in [0.05, 0.1) is 12.6 Å². The zero-order valence-electron chi connectivity index (χ0n) is 12.4. The number of amidine groups is 1. The summed E-state index contributed by atoms with van der Waals surface area (Å²) in [6, 6.07) is 10.9. The summed E-state index contributed by atoms with van der Waals surface area (Å²) in [6.07, 6.45) is 3.66. The average Bonchev–Trinajstić information content (AvgIpc) is 3.08. The van der Waals surface area contributed by atoms with Crippen molar-refractivity contribution >= 4 is 16.9 Å². The smallest absolute Gasteiger partial charge is 0.160 e. The molecule has 2 heterocycles. The van der Waals surface area contributed by atoms with Gasteiger partial charge in [-0.3, -0.25) is 9.98 Å². The van der Waals surface area contributed by atoms with Crippen LogP contribution in [0.1, 0.15) is 24.1 Å². The minimum Gasteiger partial charge on any atom is -0.340 e. The highest BCUT2D eigenvalue weighted by Gasteiger charge is 2.22. The molecule has 0 fully saturated rings. The maximum atomic E-state index is 13.1. The zero-order chi connectivity index (χ0) is 15.4. The van der Waals surface area contributed by atoms with E-state index in [1.807, 2.05) is 24.4 Å². The predicted molar refractivity (Wildman–Crippen MR) is 89.4 cm³/mol. The molecule has 0 N–H and O–H groups in total. The number of thioether (sulfide) groups is 1. The summed E-state index contributed by atoms with van der Waals surface area (Å²) in [6.45, 7) is 3.74. The molecule has 114 valence electrons. The molecule has 0 radical (unpaired) electrons. The van der Waals surface area contributed by atoms with E-state index in [0.29, 0.717) is 0 Å². The van der Waals surface area contributed by atoms with Crippen molar-refractivity contribution in [1.82, 2.24) is 9.88 Å². The van der Waals surface area contributed by atoms with Gasteiger partial charge in [-0.1, -0.05) is 30.0 Å². The molecule has 5 heteroatoms. The van der Waals surface area contributed by atoms with Crippen LogP contribution in [0, 0.1) is 5.82 Å². The highest BCUT2D eigenvalue weighted by Crippen LogP contribution is 2.28. The van der Waals surface area contributed by atoms with Crippen LogP contribution in [0.15, 0.2) is 53.8 Å². The monoisotopic (exact) mass is 315 g/mol. The van der Waals surface area contributed by atoms with Gasteiger partial charge in [0.1, 0.15) is 5.82 Å². The third-order valence-electron chi connectivity index (χ3n) is 3.71. The van der Waals surface area contributed by atoms with Gasteiger partial charge in [-0.15, -0.1) is 0 Å². The number of benzene rings is 1. The number of aliphatic imine (C=N–C) groups is 1. The average molecular weight is 315 g/mol. The van der Waals surface area contributed by atoms with Gasteiger partial charge < -0.3 is 4.90 Å². The Bertz CT molecular complexity index is 643. The Morgan fingerprint density at radius 3 is 2.73 bits per heavy atom. The lowest BCUT2D eigenvalue weighted by Crippen LogP contribution is -2.30. The van der Waals surface area contributed by atoms with Crippen LogP contribution in [0.5, 0.6) is 0 Å². The molecule has 2 aromatic rings. The summed E-state index contributed by atoms with van der Waals surface area (Å²) < 4.78 is 13.1. The van der Waals surface area contributed by atoms with Crippen molar-refractivity contribution in [2.24, 2.45) is 4.99 Å². The first-order valence-corrected chi connectivity index (χ1v) is 8.31. The van der Waals surface area contributed by atoms with Gasteiger partial charge in [0.2, 0.25) is 0 Å². The van der Waals surface area contributed by atoms with Gasteiger partial charge in [0.15, 0.2) is 5.17 Å². The summed E-state index contributed by atoms with van der Waals surface area (Å²) in [5.74, 6) is 0.817. The fourth-order valence-electron chi connectivity index (χ4n) is 2.48. The van der Waals surface area contributed by atoms with E-state index in [1.54, 1.807) is 18.0 Å². The molecular weight excluding hydrogens is 297 g/mol. The molecular formula is C17H18FN3S. The van der Waals surface area contributed by atoms with Gasteiger partial charge >= 0.3 is 0 Å². The van der Waals surface area contributed by atoms with Gasteiger partial charge in [0.25, 0.3) is 0 Å². The Kier molecular flexibility index (Phi) is 4.73. The molecule has 0 aliphatic carbocycles. The van der Waals surface area contributed by atoms with Crippen LogP contribution in [-0.4, -0.2) is 27.3 Å². The summed E-state index contributed by atoms with van der Waals surface area (Å²) in [7, 11) is 0. The number of rotatable bonds is 4. The van der Waals surface area contributed by atoms with E-state index in [0.717, 1.165) is 35.1 Å². The number of hydrogen-bond donors (Lipinski definition) is 0. The van der Waals surface area contributed by atoms with Crippen LogP contribution in [0.3, 0.4) is 0 Å². The molecule has 22 heavy (non-hydrogen) atoms. The van der Waals surface area contributed by atoms with Crippen LogP contribution in [0.25, 0.3) is 0 Å². The lowest BCUT2D eigenvalue weighted by molar-refractivity contribution is 0.335. The summed E-state index contributed by atoms with van der Waals surface area (Å²) in [5.41, 5.74) is 2.23. The van der Waals surface area contributed by atoms with Crippen LogP contribution in [0.2, 0.25) is 0 Å². The molecule has 0 spiro atoms. The van der Waals surface area contributed by atoms with Crippen LogP contribution >= 0.6 is 11.8 Å². The van der Waals surface area contributed by atoms with Crippen molar-refractivity contribution in [3.05, 3.63) is 65.7 Å². The van der Waals surface area contributed by atoms with Crippen molar-refractivity contribution in [2.75, 3.05) is 12.3 Å². The van der Waals surface area contributed by atoms with Crippen LogP contribution < -0.4 is 0 Å². The van der Waals surface area contributed by atoms with E-state index in [4.69, 9.17) is 0 Å². The Balaban J connectivity index is 1.86. The Hall–Kier alpha value is -1.88.